The van der Waals surface area contributed by atoms with E-state index in [0.29, 0.717) is 25.7 Å². The van der Waals surface area contributed by atoms with E-state index in [-0.39, 0.29) is 17.9 Å². The number of amides is 2. The molecule has 0 radical (unpaired) electrons. The van der Waals surface area contributed by atoms with Crippen molar-refractivity contribution in [3.8, 4) is 0 Å². The van der Waals surface area contributed by atoms with Gasteiger partial charge in [0, 0.05) is 32.7 Å². The quantitative estimate of drug-likeness (QED) is 0.811. The molecule has 2 fully saturated rings. The van der Waals surface area contributed by atoms with E-state index < -0.39 is 0 Å². The minimum absolute atomic E-state index is 0.0348. The van der Waals surface area contributed by atoms with Gasteiger partial charge < -0.3 is 15.0 Å². The van der Waals surface area contributed by atoms with Gasteiger partial charge in [0.15, 0.2) is 0 Å². The third-order valence-electron chi connectivity index (χ3n) is 4.04. The van der Waals surface area contributed by atoms with Crippen molar-refractivity contribution in [3.63, 3.8) is 0 Å². The first kappa shape index (κ1) is 14.3. The van der Waals surface area contributed by atoms with Crippen LogP contribution in [0.5, 0.6) is 0 Å². The molecule has 5 nitrogen and oxygen atoms in total. The van der Waals surface area contributed by atoms with Crippen molar-refractivity contribution >= 4 is 11.8 Å². The molecule has 0 aromatic carbocycles. The van der Waals surface area contributed by atoms with Gasteiger partial charge in [0.25, 0.3) is 0 Å². The fourth-order valence-corrected chi connectivity index (χ4v) is 3.01. The Morgan fingerprint density at radius 3 is 2.53 bits per heavy atom. The average molecular weight is 268 g/mol. The second-order valence-corrected chi connectivity index (χ2v) is 5.44. The summed E-state index contributed by atoms with van der Waals surface area (Å²) in [6, 6.07) is 0.372. The van der Waals surface area contributed by atoms with Crippen LogP contribution in [0.4, 0.5) is 0 Å². The number of rotatable bonds is 5. The lowest BCUT2D eigenvalue weighted by Crippen LogP contribution is -2.44. The highest BCUT2D eigenvalue weighted by Gasteiger charge is 2.26. The molecule has 0 aromatic rings. The maximum atomic E-state index is 11.8. The van der Waals surface area contributed by atoms with E-state index in [1.54, 1.807) is 6.92 Å². The van der Waals surface area contributed by atoms with Gasteiger partial charge in [-0.1, -0.05) is 12.8 Å². The fourth-order valence-electron chi connectivity index (χ4n) is 3.01. The largest absolute Gasteiger partial charge is 0.368 e. The Bertz CT molecular complexity index is 321. The monoisotopic (exact) mass is 268 g/mol. The van der Waals surface area contributed by atoms with Gasteiger partial charge in [-0.05, 0) is 25.7 Å². The number of nitrogens with one attached hydrogen (secondary N) is 1. The van der Waals surface area contributed by atoms with E-state index in [4.69, 9.17) is 4.74 Å². The zero-order chi connectivity index (χ0) is 13.7. The summed E-state index contributed by atoms with van der Waals surface area (Å²) < 4.78 is 5.33. The molecule has 1 aliphatic carbocycles. The van der Waals surface area contributed by atoms with E-state index in [1.165, 1.54) is 12.8 Å². The highest BCUT2D eigenvalue weighted by molar-refractivity contribution is 5.81. The van der Waals surface area contributed by atoms with E-state index in [9.17, 15) is 9.59 Å². The highest BCUT2D eigenvalue weighted by atomic mass is 16.5. The average Bonchev–Trinajstić information content (AvgIpc) is 3.05. The first-order valence-corrected chi connectivity index (χ1v) is 7.35. The molecule has 2 rings (SSSR count). The number of nitrogens with zero attached hydrogens (tertiary/aromatic N) is 1. The van der Waals surface area contributed by atoms with Crippen molar-refractivity contribution in [2.45, 2.75) is 57.6 Å². The molecule has 5 heteroatoms. The molecular weight excluding hydrogens is 244 g/mol. The zero-order valence-electron chi connectivity index (χ0n) is 11.7. The van der Waals surface area contributed by atoms with Crippen LogP contribution in [-0.4, -0.2) is 48.6 Å². The van der Waals surface area contributed by atoms with Gasteiger partial charge in [-0.25, -0.2) is 0 Å². The standard InChI is InChI=1S/C14H24N2O3/c1-11(17)16(12-5-2-3-6-12)9-8-15-14(18)13-7-4-10-19-13/h12-13H,2-10H2,1H3,(H,15,18). The van der Waals surface area contributed by atoms with Gasteiger partial charge in [0.05, 0.1) is 0 Å². The summed E-state index contributed by atoms with van der Waals surface area (Å²) in [6.07, 6.45) is 6.09. The molecule has 1 N–H and O–H groups in total. The van der Waals surface area contributed by atoms with Crippen LogP contribution in [0, 0.1) is 0 Å². The van der Waals surface area contributed by atoms with Crippen molar-refractivity contribution in [2.75, 3.05) is 19.7 Å². The summed E-state index contributed by atoms with van der Waals surface area (Å²) in [5, 5.41) is 2.88. The summed E-state index contributed by atoms with van der Waals surface area (Å²) >= 11 is 0. The van der Waals surface area contributed by atoms with E-state index in [1.807, 2.05) is 4.90 Å². The van der Waals surface area contributed by atoms with Crippen molar-refractivity contribution in [2.24, 2.45) is 0 Å². The molecule has 0 spiro atoms. The van der Waals surface area contributed by atoms with Crippen molar-refractivity contribution < 1.29 is 14.3 Å². The number of hydrogen-bond acceptors (Lipinski definition) is 3. The smallest absolute Gasteiger partial charge is 0.249 e. The van der Waals surface area contributed by atoms with Crippen LogP contribution in [0.15, 0.2) is 0 Å². The second-order valence-electron chi connectivity index (χ2n) is 5.44. The molecular formula is C14H24N2O3. The van der Waals surface area contributed by atoms with Crippen LogP contribution in [0.2, 0.25) is 0 Å². The number of carbonyl (C=O) groups is 2. The van der Waals surface area contributed by atoms with Gasteiger partial charge in [-0.15, -0.1) is 0 Å². The maximum Gasteiger partial charge on any atom is 0.249 e. The normalized spacial score (nSPS) is 23.5. The van der Waals surface area contributed by atoms with Crippen LogP contribution in [0.25, 0.3) is 0 Å². The van der Waals surface area contributed by atoms with E-state index in [2.05, 4.69) is 5.32 Å². The minimum Gasteiger partial charge on any atom is -0.368 e. The highest BCUT2D eigenvalue weighted by Crippen LogP contribution is 2.23. The van der Waals surface area contributed by atoms with Crippen LogP contribution in [0.3, 0.4) is 0 Å². The lowest BCUT2D eigenvalue weighted by atomic mass is 10.2. The van der Waals surface area contributed by atoms with Crippen molar-refractivity contribution in [3.05, 3.63) is 0 Å². The number of hydrogen-bond donors (Lipinski definition) is 1. The molecule has 0 aromatic heterocycles. The summed E-state index contributed by atoms with van der Waals surface area (Å²) in [7, 11) is 0. The van der Waals surface area contributed by atoms with Crippen LogP contribution in [-0.2, 0) is 14.3 Å². The van der Waals surface area contributed by atoms with Gasteiger partial charge in [0.1, 0.15) is 6.10 Å². The van der Waals surface area contributed by atoms with Gasteiger partial charge in [0.2, 0.25) is 11.8 Å². The SMILES string of the molecule is CC(=O)N(CCNC(=O)C1CCCO1)C1CCCC1. The lowest BCUT2D eigenvalue weighted by molar-refractivity contribution is -0.133. The predicted molar refractivity (Wildman–Crippen MR) is 71.6 cm³/mol. The van der Waals surface area contributed by atoms with Crippen LogP contribution in [0.1, 0.15) is 45.4 Å². The molecule has 2 aliphatic rings. The number of carbonyl (C=O) groups excluding carboxylic acids is 2. The van der Waals surface area contributed by atoms with Crippen molar-refractivity contribution in [1.82, 2.24) is 10.2 Å². The second kappa shape index (κ2) is 6.89. The van der Waals surface area contributed by atoms with Crippen LogP contribution < -0.4 is 5.32 Å². The Morgan fingerprint density at radius 1 is 1.21 bits per heavy atom. The zero-order valence-corrected chi connectivity index (χ0v) is 11.7. The Morgan fingerprint density at radius 2 is 1.95 bits per heavy atom. The summed E-state index contributed by atoms with van der Waals surface area (Å²) in [5.41, 5.74) is 0. The molecule has 1 heterocycles. The third kappa shape index (κ3) is 3.93. The predicted octanol–water partition coefficient (Wildman–Crippen LogP) is 1.07. The van der Waals surface area contributed by atoms with Crippen molar-refractivity contribution in [1.29, 1.82) is 0 Å². The van der Waals surface area contributed by atoms with Gasteiger partial charge >= 0.3 is 0 Å². The van der Waals surface area contributed by atoms with E-state index >= 15 is 0 Å². The summed E-state index contributed by atoms with van der Waals surface area (Å²) in [5.74, 6) is 0.0747. The van der Waals surface area contributed by atoms with Gasteiger partial charge in [-0.3, -0.25) is 9.59 Å². The Balaban J connectivity index is 1.72. The topological polar surface area (TPSA) is 58.6 Å². The molecule has 2 amide bonds. The fraction of sp³-hybridized carbons (Fsp3) is 0.857. The molecule has 1 unspecified atom stereocenters. The molecule has 1 aliphatic heterocycles. The lowest BCUT2D eigenvalue weighted by Gasteiger charge is -2.28. The molecule has 108 valence electrons. The van der Waals surface area contributed by atoms with Crippen LogP contribution >= 0.6 is 0 Å². The van der Waals surface area contributed by atoms with E-state index in [0.717, 1.165) is 25.7 Å². The molecule has 19 heavy (non-hydrogen) atoms. The van der Waals surface area contributed by atoms with Gasteiger partial charge in [-0.2, -0.15) is 0 Å². The maximum absolute atomic E-state index is 11.8. The summed E-state index contributed by atoms with van der Waals surface area (Å²) in [6.45, 7) is 3.42. The first-order valence-electron chi connectivity index (χ1n) is 7.35. The third-order valence-corrected chi connectivity index (χ3v) is 4.04. The molecule has 1 saturated heterocycles. The molecule has 0 bridgehead atoms. The summed E-state index contributed by atoms with van der Waals surface area (Å²) in [4.78, 5) is 25.3. The Kier molecular flexibility index (Phi) is 5.19. The minimum atomic E-state index is -0.280. The first-order chi connectivity index (χ1) is 9.18. The number of ether oxygens (including phenoxy) is 1. The molecule has 1 atom stereocenters. The Labute approximate surface area is 114 Å². The Hall–Kier alpha value is -1.10. The molecule has 1 saturated carbocycles.